The van der Waals surface area contributed by atoms with Gasteiger partial charge in [0.25, 0.3) is 0 Å². The monoisotopic (exact) mass is 252 g/mol. The third kappa shape index (κ3) is 2.81. The van der Waals surface area contributed by atoms with Crippen LogP contribution < -0.4 is 4.74 Å². The lowest BCUT2D eigenvalue weighted by Crippen LogP contribution is -2.13. The molecule has 92 valence electrons. The molecular formula is C14H17ClO2. The Hall–Kier alpha value is -1.02. The summed E-state index contributed by atoms with van der Waals surface area (Å²) < 4.78 is 5.54. The summed E-state index contributed by atoms with van der Waals surface area (Å²) in [5.74, 6) is 0.849. The Labute approximate surface area is 107 Å². The molecule has 1 aliphatic heterocycles. The predicted molar refractivity (Wildman–Crippen MR) is 69.1 cm³/mol. The average molecular weight is 253 g/mol. The normalized spacial score (nSPS) is 14.4. The maximum atomic E-state index is 12.2. The lowest BCUT2D eigenvalue weighted by Gasteiger charge is -2.17. The zero-order chi connectivity index (χ0) is 12.6. The Morgan fingerprint density at radius 1 is 1.41 bits per heavy atom. The van der Waals surface area contributed by atoms with Crippen molar-refractivity contribution in [3.8, 4) is 5.75 Å². The number of benzene rings is 1. The van der Waals surface area contributed by atoms with Crippen molar-refractivity contribution in [1.82, 2.24) is 0 Å². The van der Waals surface area contributed by atoms with E-state index < -0.39 is 0 Å². The number of ether oxygens (including phenoxy) is 1. The van der Waals surface area contributed by atoms with Crippen LogP contribution in [-0.4, -0.2) is 12.4 Å². The third-order valence-electron chi connectivity index (χ3n) is 2.74. The number of Topliss-reactive ketones (excluding diaryl/α,β-unsaturated/α-hetero) is 1. The van der Waals surface area contributed by atoms with Gasteiger partial charge in [-0.2, -0.15) is 0 Å². The van der Waals surface area contributed by atoms with Crippen molar-refractivity contribution >= 4 is 17.4 Å². The molecule has 0 atom stereocenters. The summed E-state index contributed by atoms with van der Waals surface area (Å²) in [6.07, 6.45) is 1.34. The van der Waals surface area contributed by atoms with Crippen molar-refractivity contribution in [3.63, 3.8) is 0 Å². The van der Waals surface area contributed by atoms with Gasteiger partial charge in [0.05, 0.1) is 12.2 Å². The summed E-state index contributed by atoms with van der Waals surface area (Å²) in [6, 6.07) is 3.61. The number of ketones is 1. The van der Waals surface area contributed by atoms with Gasteiger partial charge in [-0.3, -0.25) is 4.79 Å². The Balaban J connectivity index is 2.36. The Bertz CT molecular complexity index is 458. The number of halogens is 1. The van der Waals surface area contributed by atoms with Gasteiger partial charge in [-0.05, 0) is 23.1 Å². The molecule has 2 rings (SSSR count). The molecular weight excluding hydrogens is 236 g/mol. The van der Waals surface area contributed by atoms with Gasteiger partial charge >= 0.3 is 0 Å². The topological polar surface area (TPSA) is 26.3 Å². The van der Waals surface area contributed by atoms with E-state index in [0.29, 0.717) is 23.6 Å². The molecule has 0 saturated carbocycles. The van der Waals surface area contributed by atoms with Crippen molar-refractivity contribution in [2.24, 2.45) is 5.41 Å². The minimum absolute atomic E-state index is 0.0229. The molecule has 0 fully saturated rings. The summed E-state index contributed by atoms with van der Waals surface area (Å²) in [7, 11) is 0. The summed E-state index contributed by atoms with van der Waals surface area (Å²) in [5, 5.41) is 0.617. The van der Waals surface area contributed by atoms with Gasteiger partial charge in [-0.15, -0.1) is 0 Å². The minimum atomic E-state index is -0.0229. The first-order chi connectivity index (χ1) is 7.87. The van der Waals surface area contributed by atoms with E-state index in [1.807, 2.05) is 6.07 Å². The number of fused-ring (bicyclic) bond motifs is 1. The van der Waals surface area contributed by atoms with Gasteiger partial charge in [0.1, 0.15) is 5.75 Å². The molecule has 0 radical (unpaired) electrons. The van der Waals surface area contributed by atoms with Crippen molar-refractivity contribution in [3.05, 3.63) is 28.3 Å². The van der Waals surface area contributed by atoms with Crippen molar-refractivity contribution in [2.75, 3.05) is 6.61 Å². The van der Waals surface area contributed by atoms with Gasteiger partial charge in [0.2, 0.25) is 0 Å². The molecule has 0 spiro atoms. The van der Waals surface area contributed by atoms with Crippen molar-refractivity contribution in [2.45, 2.75) is 33.6 Å². The number of hydrogen-bond donors (Lipinski definition) is 0. The van der Waals surface area contributed by atoms with Gasteiger partial charge in [-0.25, -0.2) is 0 Å². The smallest absolute Gasteiger partial charge is 0.167 e. The maximum Gasteiger partial charge on any atom is 0.167 e. The van der Waals surface area contributed by atoms with E-state index in [4.69, 9.17) is 16.3 Å². The highest BCUT2D eigenvalue weighted by atomic mass is 35.5. The molecule has 0 aromatic heterocycles. The number of carbonyl (C=O) groups is 1. The quantitative estimate of drug-likeness (QED) is 0.747. The highest BCUT2D eigenvalue weighted by Crippen LogP contribution is 2.35. The summed E-state index contributed by atoms with van der Waals surface area (Å²) in [5.41, 5.74) is 1.67. The molecule has 0 bridgehead atoms. The molecule has 1 aromatic rings. The maximum absolute atomic E-state index is 12.2. The van der Waals surface area contributed by atoms with E-state index in [1.165, 1.54) is 0 Å². The minimum Gasteiger partial charge on any atom is -0.492 e. The first kappa shape index (κ1) is 12.4. The standard InChI is InChI=1S/C14H17ClO2/c1-14(2,3)8-12(16)11-7-10(15)6-9-4-5-17-13(9)11/h6-7H,4-5,8H2,1-3H3. The van der Waals surface area contributed by atoms with Gasteiger partial charge in [0.15, 0.2) is 5.78 Å². The fourth-order valence-electron chi connectivity index (χ4n) is 2.05. The van der Waals surface area contributed by atoms with E-state index in [0.717, 1.165) is 17.7 Å². The van der Waals surface area contributed by atoms with Crippen LogP contribution in [0.3, 0.4) is 0 Å². The highest BCUT2D eigenvalue weighted by Gasteiger charge is 2.24. The van der Waals surface area contributed by atoms with Crippen LogP contribution in [0, 0.1) is 5.41 Å². The van der Waals surface area contributed by atoms with Crippen LogP contribution in [-0.2, 0) is 6.42 Å². The van der Waals surface area contributed by atoms with Crippen LogP contribution in [0.5, 0.6) is 5.75 Å². The largest absolute Gasteiger partial charge is 0.492 e. The number of carbonyl (C=O) groups excluding carboxylic acids is 1. The second kappa shape index (κ2) is 4.34. The van der Waals surface area contributed by atoms with Crippen LogP contribution in [0.15, 0.2) is 12.1 Å². The highest BCUT2D eigenvalue weighted by molar-refractivity contribution is 6.31. The zero-order valence-electron chi connectivity index (χ0n) is 10.5. The predicted octanol–water partition coefficient (Wildman–Crippen LogP) is 3.89. The van der Waals surface area contributed by atoms with E-state index in [9.17, 15) is 4.79 Å². The molecule has 0 N–H and O–H groups in total. The van der Waals surface area contributed by atoms with Crippen molar-refractivity contribution in [1.29, 1.82) is 0 Å². The van der Waals surface area contributed by atoms with E-state index in [1.54, 1.807) is 6.07 Å². The van der Waals surface area contributed by atoms with Crippen LogP contribution in [0.1, 0.15) is 43.1 Å². The van der Waals surface area contributed by atoms with E-state index in [2.05, 4.69) is 20.8 Å². The fraction of sp³-hybridized carbons (Fsp3) is 0.500. The molecule has 0 saturated heterocycles. The SMILES string of the molecule is CC(C)(C)CC(=O)c1cc(Cl)cc2c1OCC2. The Kier molecular flexibility index (Phi) is 3.17. The van der Waals surface area contributed by atoms with E-state index >= 15 is 0 Å². The first-order valence-electron chi connectivity index (χ1n) is 5.85. The van der Waals surface area contributed by atoms with Gasteiger partial charge in [0, 0.05) is 17.9 Å². The molecule has 1 aliphatic rings. The lowest BCUT2D eigenvalue weighted by molar-refractivity contribution is 0.0937. The number of hydrogen-bond acceptors (Lipinski definition) is 2. The number of rotatable bonds is 2. The average Bonchev–Trinajstić information content (AvgIpc) is 2.60. The van der Waals surface area contributed by atoms with E-state index in [-0.39, 0.29) is 11.2 Å². The van der Waals surface area contributed by atoms with Crippen LogP contribution in [0.2, 0.25) is 5.02 Å². The summed E-state index contributed by atoms with van der Waals surface area (Å²) >= 11 is 6.04. The molecule has 3 heteroatoms. The third-order valence-corrected chi connectivity index (χ3v) is 2.96. The summed E-state index contributed by atoms with van der Waals surface area (Å²) in [6.45, 7) is 6.80. The Morgan fingerprint density at radius 3 is 2.76 bits per heavy atom. The zero-order valence-corrected chi connectivity index (χ0v) is 11.2. The van der Waals surface area contributed by atoms with Crippen LogP contribution >= 0.6 is 11.6 Å². The van der Waals surface area contributed by atoms with Gasteiger partial charge < -0.3 is 4.74 Å². The van der Waals surface area contributed by atoms with Crippen molar-refractivity contribution < 1.29 is 9.53 Å². The van der Waals surface area contributed by atoms with Gasteiger partial charge in [-0.1, -0.05) is 32.4 Å². The molecule has 17 heavy (non-hydrogen) atoms. The Morgan fingerprint density at radius 2 is 2.12 bits per heavy atom. The fourth-order valence-corrected chi connectivity index (χ4v) is 2.29. The van der Waals surface area contributed by atoms with Crippen LogP contribution in [0.25, 0.3) is 0 Å². The molecule has 0 aliphatic carbocycles. The molecule has 2 nitrogen and oxygen atoms in total. The lowest BCUT2D eigenvalue weighted by atomic mass is 9.87. The van der Waals surface area contributed by atoms with Crippen LogP contribution in [0.4, 0.5) is 0 Å². The molecule has 1 aromatic carbocycles. The molecule has 0 unspecified atom stereocenters. The molecule has 1 heterocycles. The second-order valence-corrected chi connectivity index (χ2v) is 6.14. The summed E-state index contributed by atoms with van der Waals surface area (Å²) in [4.78, 5) is 12.2. The molecule has 0 amide bonds. The second-order valence-electron chi connectivity index (χ2n) is 5.70. The first-order valence-corrected chi connectivity index (χ1v) is 6.23.